The Morgan fingerprint density at radius 1 is 1.47 bits per heavy atom. The first-order chi connectivity index (χ1) is 7.63. The summed E-state index contributed by atoms with van der Waals surface area (Å²) in [7, 11) is 1.62. The summed E-state index contributed by atoms with van der Waals surface area (Å²) in [6.45, 7) is 0. The van der Waals surface area contributed by atoms with Gasteiger partial charge in [-0.1, -0.05) is 6.07 Å². The van der Waals surface area contributed by atoms with Gasteiger partial charge in [-0.25, -0.2) is 0 Å². The van der Waals surface area contributed by atoms with Crippen molar-refractivity contribution in [3.8, 4) is 5.75 Å². The highest BCUT2D eigenvalue weighted by Crippen LogP contribution is 2.38. The first-order valence-electron chi connectivity index (χ1n) is 5.40. The number of ether oxygens (including phenoxy) is 1. The Morgan fingerprint density at radius 3 is 2.59 bits per heavy atom. The smallest absolute Gasteiger partial charge is 0.133 e. The number of aliphatic hydroxyl groups excluding tert-OH is 1. The Kier molecular flexibility index (Phi) is 5.25. The molecule has 0 amide bonds. The van der Waals surface area contributed by atoms with Crippen molar-refractivity contribution in [1.29, 1.82) is 0 Å². The highest BCUT2D eigenvalue weighted by atomic mass is 79.9. The molecule has 2 rings (SSSR count). The molecule has 1 aromatic rings. The molecule has 0 aromatic heterocycles. The zero-order valence-electron chi connectivity index (χ0n) is 9.60. The van der Waals surface area contributed by atoms with Gasteiger partial charge >= 0.3 is 0 Å². The monoisotopic (exact) mass is 321 g/mol. The Morgan fingerprint density at radius 2 is 2.12 bits per heavy atom. The van der Waals surface area contributed by atoms with E-state index in [0.717, 1.165) is 28.6 Å². The maximum absolute atomic E-state index is 9.96. The Bertz CT molecular complexity index is 385. The van der Waals surface area contributed by atoms with Gasteiger partial charge < -0.3 is 15.6 Å². The summed E-state index contributed by atoms with van der Waals surface area (Å²) in [5.41, 5.74) is 6.97. The quantitative estimate of drug-likeness (QED) is 0.896. The van der Waals surface area contributed by atoms with E-state index in [2.05, 4.69) is 15.9 Å². The second-order valence-corrected chi connectivity index (χ2v) is 5.10. The average molecular weight is 323 g/mol. The van der Waals surface area contributed by atoms with E-state index in [1.165, 1.54) is 0 Å². The van der Waals surface area contributed by atoms with E-state index in [1.54, 1.807) is 7.11 Å². The van der Waals surface area contributed by atoms with Crippen LogP contribution in [0.2, 0.25) is 0 Å². The molecular formula is C12H17BrClNO2. The first kappa shape index (κ1) is 14.8. The molecule has 0 unspecified atom stereocenters. The third kappa shape index (κ3) is 3.35. The van der Waals surface area contributed by atoms with E-state index in [9.17, 15) is 5.11 Å². The molecule has 17 heavy (non-hydrogen) atoms. The fraction of sp³-hybridized carbons (Fsp3) is 0.500. The van der Waals surface area contributed by atoms with Crippen molar-refractivity contribution in [2.45, 2.75) is 25.0 Å². The zero-order chi connectivity index (χ0) is 11.7. The number of benzene rings is 1. The molecule has 1 fully saturated rings. The van der Waals surface area contributed by atoms with Crippen LogP contribution in [0.1, 0.15) is 24.4 Å². The minimum Gasteiger partial charge on any atom is -0.496 e. The van der Waals surface area contributed by atoms with E-state index in [4.69, 9.17) is 10.5 Å². The summed E-state index contributed by atoms with van der Waals surface area (Å²) in [5.74, 6) is 1.16. The minimum atomic E-state index is -0.430. The normalized spacial score (nSPS) is 18.1. The van der Waals surface area contributed by atoms with Crippen molar-refractivity contribution in [1.82, 2.24) is 0 Å². The molecule has 1 aliphatic carbocycles. The van der Waals surface area contributed by atoms with Crippen LogP contribution in [0.3, 0.4) is 0 Å². The Labute approximate surface area is 116 Å². The van der Waals surface area contributed by atoms with Gasteiger partial charge in [-0.05, 0) is 52.4 Å². The van der Waals surface area contributed by atoms with Crippen LogP contribution in [0.15, 0.2) is 22.7 Å². The van der Waals surface area contributed by atoms with Crippen molar-refractivity contribution >= 4 is 28.3 Å². The van der Waals surface area contributed by atoms with Gasteiger partial charge in [0.05, 0.1) is 23.7 Å². The van der Waals surface area contributed by atoms with Crippen molar-refractivity contribution in [3.63, 3.8) is 0 Å². The molecule has 0 bridgehead atoms. The van der Waals surface area contributed by atoms with Crippen LogP contribution in [0, 0.1) is 5.92 Å². The number of rotatable bonds is 4. The van der Waals surface area contributed by atoms with E-state index < -0.39 is 6.10 Å². The molecule has 0 aliphatic heterocycles. The molecule has 0 saturated heterocycles. The molecule has 0 radical (unpaired) electrons. The molecule has 5 heteroatoms. The molecule has 0 spiro atoms. The Balaban J connectivity index is 0.00000144. The van der Waals surface area contributed by atoms with E-state index in [-0.39, 0.29) is 18.4 Å². The third-order valence-electron chi connectivity index (χ3n) is 3.03. The number of hydrogen-bond acceptors (Lipinski definition) is 3. The molecule has 3 nitrogen and oxygen atoms in total. The molecule has 1 aromatic carbocycles. The first-order valence-corrected chi connectivity index (χ1v) is 6.20. The summed E-state index contributed by atoms with van der Waals surface area (Å²) in [5, 5.41) is 9.96. The van der Waals surface area contributed by atoms with Crippen LogP contribution in [-0.2, 0) is 0 Å². The van der Waals surface area contributed by atoms with E-state index in [1.807, 2.05) is 18.2 Å². The van der Waals surface area contributed by atoms with Crippen LogP contribution in [0.4, 0.5) is 0 Å². The number of halogens is 2. The summed E-state index contributed by atoms with van der Waals surface area (Å²) < 4.78 is 6.02. The van der Waals surface area contributed by atoms with Crippen LogP contribution < -0.4 is 10.5 Å². The van der Waals surface area contributed by atoms with E-state index >= 15 is 0 Å². The summed E-state index contributed by atoms with van der Waals surface area (Å²) >= 11 is 3.42. The predicted molar refractivity (Wildman–Crippen MR) is 73.6 cm³/mol. The van der Waals surface area contributed by atoms with Gasteiger partial charge in [0.15, 0.2) is 0 Å². The molecule has 1 saturated carbocycles. The van der Waals surface area contributed by atoms with Crippen LogP contribution >= 0.6 is 28.3 Å². The van der Waals surface area contributed by atoms with Crippen molar-refractivity contribution in [3.05, 3.63) is 28.2 Å². The van der Waals surface area contributed by atoms with Crippen molar-refractivity contribution in [2.75, 3.05) is 7.11 Å². The summed E-state index contributed by atoms with van der Waals surface area (Å²) in [6.07, 6.45) is 1.75. The van der Waals surface area contributed by atoms with Crippen LogP contribution in [0.5, 0.6) is 5.75 Å². The molecule has 0 heterocycles. The lowest BCUT2D eigenvalue weighted by Crippen LogP contribution is -2.27. The molecule has 3 N–H and O–H groups in total. The number of aliphatic hydroxyl groups is 1. The molecule has 2 atom stereocenters. The van der Waals surface area contributed by atoms with Gasteiger partial charge in [0.25, 0.3) is 0 Å². The number of hydrogen-bond donors (Lipinski definition) is 2. The zero-order valence-corrected chi connectivity index (χ0v) is 12.0. The number of nitrogens with two attached hydrogens (primary N) is 1. The lowest BCUT2D eigenvalue weighted by Gasteiger charge is -2.19. The third-order valence-corrected chi connectivity index (χ3v) is 3.65. The fourth-order valence-electron chi connectivity index (χ4n) is 1.82. The summed E-state index contributed by atoms with van der Waals surface area (Å²) in [4.78, 5) is 0. The molecule has 96 valence electrons. The standard InChI is InChI=1S/C12H16BrNO2.ClH/c1-16-10-5-4-8(6-9(10)13)11(14)12(15)7-2-3-7;/h4-7,11-12,15H,2-3,14H2,1H3;1H/t11-,12+;/m0./s1. The van der Waals surface area contributed by atoms with Crippen molar-refractivity contribution < 1.29 is 9.84 Å². The molecule has 1 aliphatic rings. The SMILES string of the molecule is COc1ccc([C@H](N)[C@H](O)C2CC2)cc1Br.Cl. The predicted octanol–water partition coefficient (Wildman–Crippen LogP) is 2.65. The van der Waals surface area contributed by atoms with Gasteiger partial charge in [0, 0.05) is 0 Å². The van der Waals surface area contributed by atoms with Crippen molar-refractivity contribution in [2.24, 2.45) is 11.7 Å². The van der Waals surface area contributed by atoms with Gasteiger partial charge in [0.2, 0.25) is 0 Å². The lowest BCUT2D eigenvalue weighted by molar-refractivity contribution is 0.122. The van der Waals surface area contributed by atoms with Gasteiger partial charge in [-0.2, -0.15) is 0 Å². The fourth-order valence-corrected chi connectivity index (χ4v) is 2.38. The van der Waals surface area contributed by atoms with Gasteiger partial charge in [0.1, 0.15) is 5.75 Å². The van der Waals surface area contributed by atoms with E-state index in [0.29, 0.717) is 5.92 Å². The second kappa shape index (κ2) is 6.05. The maximum Gasteiger partial charge on any atom is 0.133 e. The largest absolute Gasteiger partial charge is 0.496 e. The minimum absolute atomic E-state index is 0. The van der Waals surface area contributed by atoms with Gasteiger partial charge in [-0.15, -0.1) is 12.4 Å². The highest BCUT2D eigenvalue weighted by molar-refractivity contribution is 9.10. The maximum atomic E-state index is 9.96. The van der Waals surface area contributed by atoms with Crippen LogP contribution in [-0.4, -0.2) is 18.3 Å². The topological polar surface area (TPSA) is 55.5 Å². The second-order valence-electron chi connectivity index (χ2n) is 4.25. The highest BCUT2D eigenvalue weighted by Gasteiger charge is 2.34. The summed E-state index contributed by atoms with van der Waals surface area (Å²) in [6, 6.07) is 5.36. The van der Waals surface area contributed by atoms with Gasteiger partial charge in [-0.3, -0.25) is 0 Å². The average Bonchev–Trinajstić information content (AvgIpc) is 3.11. The number of methoxy groups -OCH3 is 1. The lowest BCUT2D eigenvalue weighted by atomic mass is 9.99. The molecular weight excluding hydrogens is 305 g/mol. The Hall–Kier alpha value is -0.290. The van der Waals surface area contributed by atoms with Crippen LogP contribution in [0.25, 0.3) is 0 Å².